The van der Waals surface area contributed by atoms with Crippen molar-refractivity contribution in [1.29, 1.82) is 0 Å². The number of H-pyrrole nitrogens is 1. The second-order valence-corrected chi connectivity index (χ2v) is 7.86. The average molecular weight is 390 g/mol. The van der Waals surface area contributed by atoms with Crippen molar-refractivity contribution in [2.75, 3.05) is 4.72 Å². The molecular weight excluding hydrogens is 374 g/mol. The molecule has 3 rings (SSSR count). The molecule has 0 fully saturated rings. The number of anilines is 1. The minimum Gasteiger partial charge on any atom is -0.279 e. The molecule has 0 unspecified atom stereocenters. The maximum Gasteiger partial charge on any atom is 0.264 e. The quantitative estimate of drug-likeness (QED) is 0.714. The molecular formula is C18H16ClN3O3S. The zero-order valence-corrected chi connectivity index (χ0v) is 15.6. The number of sulfonamides is 1. The van der Waals surface area contributed by atoms with Crippen LogP contribution in [0.5, 0.6) is 0 Å². The summed E-state index contributed by atoms with van der Waals surface area (Å²) in [5, 5.41) is 6.33. The lowest BCUT2D eigenvalue weighted by molar-refractivity contribution is 0.601. The summed E-state index contributed by atoms with van der Waals surface area (Å²) in [6.45, 7) is 3.75. The van der Waals surface area contributed by atoms with Gasteiger partial charge in [-0.2, -0.15) is 5.10 Å². The monoisotopic (exact) mass is 389 g/mol. The summed E-state index contributed by atoms with van der Waals surface area (Å²) in [7, 11) is -3.90. The fourth-order valence-electron chi connectivity index (χ4n) is 2.44. The highest BCUT2D eigenvalue weighted by Crippen LogP contribution is 2.29. The molecule has 0 saturated heterocycles. The second-order valence-electron chi connectivity index (χ2n) is 5.80. The van der Waals surface area contributed by atoms with Crippen molar-refractivity contribution in [2.24, 2.45) is 0 Å². The summed E-state index contributed by atoms with van der Waals surface area (Å²) in [5.41, 5.74) is 2.92. The van der Waals surface area contributed by atoms with Gasteiger partial charge in [-0.05, 0) is 49.2 Å². The number of halogens is 1. The standard InChI is InChI=1S/C18H16ClN3O3S/c1-11-4-3-5-15(12(11)2)22-26(24,25)17-10-13(6-7-14(17)19)16-8-9-18(23)21-20-16/h3-10,22H,1-2H3,(H,21,23). The number of nitrogens with zero attached hydrogens (tertiary/aromatic N) is 1. The van der Waals surface area contributed by atoms with Crippen LogP contribution in [0.3, 0.4) is 0 Å². The molecule has 0 aliphatic rings. The first-order chi connectivity index (χ1) is 12.3. The first-order valence-electron chi connectivity index (χ1n) is 7.72. The maximum atomic E-state index is 12.8. The molecule has 0 aliphatic heterocycles. The Morgan fingerprint density at radius 3 is 2.54 bits per heavy atom. The lowest BCUT2D eigenvalue weighted by Gasteiger charge is -2.14. The molecule has 8 heteroatoms. The number of nitrogens with one attached hydrogen (secondary N) is 2. The maximum absolute atomic E-state index is 12.8. The molecule has 2 aromatic carbocycles. The van der Waals surface area contributed by atoms with E-state index < -0.39 is 10.0 Å². The number of benzene rings is 2. The highest BCUT2D eigenvalue weighted by Gasteiger charge is 2.20. The van der Waals surface area contributed by atoms with E-state index in [1.165, 1.54) is 24.3 Å². The number of rotatable bonds is 4. The highest BCUT2D eigenvalue weighted by molar-refractivity contribution is 7.92. The van der Waals surface area contributed by atoms with E-state index in [0.29, 0.717) is 16.9 Å². The molecule has 134 valence electrons. The SMILES string of the molecule is Cc1cccc(NS(=O)(=O)c2cc(-c3ccc(=O)[nH]n3)ccc2Cl)c1C. The zero-order valence-electron chi connectivity index (χ0n) is 14.1. The summed E-state index contributed by atoms with van der Waals surface area (Å²) in [6.07, 6.45) is 0. The molecule has 0 bridgehead atoms. The molecule has 0 radical (unpaired) electrons. The molecule has 3 aromatic rings. The minimum absolute atomic E-state index is 0.0643. The molecule has 0 atom stereocenters. The Morgan fingerprint density at radius 1 is 1.08 bits per heavy atom. The molecule has 6 nitrogen and oxygen atoms in total. The fraction of sp³-hybridized carbons (Fsp3) is 0.111. The van der Waals surface area contributed by atoms with Gasteiger partial charge in [0, 0.05) is 11.6 Å². The molecule has 1 heterocycles. The lowest BCUT2D eigenvalue weighted by atomic mass is 10.1. The van der Waals surface area contributed by atoms with Gasteiger partial charge in [0.15, 0.2) is 0 Å². The van der Waals surface area contributed by atoms with Crippen molar-refractivity contribution in [1.82, 2.24) is 10.2 Å². The van der Waals surface area contributed by atoms with Crippen molar-refractivity contribution in [3.8, 4) is 11.3 Å². The normalized spacial score (nSPS) is 11.3. The Bertz CT molecular complexity index is 1120. The third-order valence-electron chi connectivity index (χ3n) is 4.04. The van der Waals surface area contributed by atoms with E-state index in [4.69, 9.17) is 11.6 Å². The van der Waals surface area contributed by atoms with E-state index in [0.717, 1.165) is 11.1 Å². The summed E-state index contributed by atoms with van der Waals surface area (Å²) < 4.78 is 28.3. The van der Waals surface area contributed by atoms with Crippen LogP contribution in [-0.2, 0) is 10.0 Å². The van der Waals surface area contributed by atoms with Crippen LogP contribution >= 0.6 is 11.6 Å². The molecule has 0 spiro atoms. The first kappa shape index (κ1) is 18.2. The van der Waals surface area contributed by atoms with Crippen molar-refractivity contribution in [3.63, 3.8) is 0 Å². The van der Waals surface area contributed by atoms with Gasteiger partial charge in [0.25, 0.3) is 15.6 Å². The summed E-state index contributed by atoms with van der Waals surface area (Å²) >= 11 is 6.13. The van der Waals surface area contributed by atoms with E-state index in [9.17, 15) is 13.2 Å². The molecule has 0 aliphatic carbocycles. The largest absolute Gasteiger partial charge is 0.279 e. The molecule has 26 heavy (non-hydrogen) atoms. The van der Waals surface area contributed by atoms with Gasteiger partial charge in [-0.3, -0.25) is 9.52 Å². The van der Waals surface area contributed by atoms with Gasteiger partial charge >= 0.3 is 0 Å². The number of hydrogen-bond donors (Lipinski definition) is 2. The van der Waals surface area contributed by atoms with Gasteiger partial charge < -0.3 is 0 Å². The van der Waals surface area contributed by atoms with Crippen LogP contribution in [0.15, 0.2) is 58.2 Å². The predicted octanol–water partition coefficient (Wildman–Crippen LogP) is 3.51. The molecule has 1 aromatic heterocycles. The van der Waals surface area contributed by atoms with Gasteiger partial charge in [-0.15, -0.1) is 0 Å². The topological polar surface area (TPSA) is 91.9 Å². The molecule has 0 amide bonds. The third-order valence-corrected chi connectivity index (χ3v) is 5.89. The summed E-state index contributed by atoms with van der Waals surface area (Å²) in [6, 6.07) is 12.8. The fourth-order valence-corrected chi connectivity index (χ4v) is 4.09. The van der Waals surface area contributed by atoms with E-state index in [1.807, 2.05) is 19.9 Å². The van der Waals surface area contributed by atoms with E-state index >= 15 is 0 Å². The number of aromatic nitrogens is 2. The van der Waals surface area contributed by atoms with Crippen LogP contribution in [-0.4, -0.2) is 18.6 Å². The lowest BCUT2D eigenvalue weighted by Crippen LogP contribution is -2.15. The smallest absolute Gasteiger partial charge is 0.264 e. The molecule has 0 saturated carbocycles. The van der Waals surface area contributed by atoms with Crippen LogP contribution in [0, 0.1) is 13.8 Å². The Morgan fingerprint density at radius 2 is 1.85 bits per heavy atom. The Balaban J connectivity index is 2.04. The third kappa shape index (κ3) is 3.63. The zero-order chi connectivity index (χ0) is 18.9. The van der Waals surface area contributed by atoms with Gasteiger partial charge in [0.2, 0.25) is 0 Å². The van der Waals surface area contributed by atoms with Crippen LogP contribution in [0.4, 0.5) is 5.69 Å². The van der Waals surface area contributed by atoms with Crippen LogP contribution < -0.4 is 10.3 Å². The molecule has 2 N–H and O–H groups in total. The second kappa shape index (κ2) is 6.93. The minimum atomic E-state index is -3.90. The van der Waals surface area contributed by atoms with E-state index in [2.05, 4.69) is 14.9 Å². The van der Waals surface area contributed by atoms with Crippen molar-refractivity contribution < 1.29 is 8.42 Å². The van der Waals surface area contributed by atoms with Crippen molar-refractivity contribution >= 4 is 27.3 Å². The first-order valence-corrected chi connectivity index (χ1v) is 9.59. The van der Waals surface area contributed by atoms with Crippen LogP contribution in [0.1, 0.15) is 11.1 Å². The predicted molar refractivity (Wildman–Crippen MR) is 102 cm³/mol. The summed E-state index contributed by atoms with van der Waals surface area (Å²) in [5.74, 6) is 0. The Kier molecular flexibility index (Phi) is 4.84. The van der Waals surface area contributed by atoms with Crippen molar-refractivity contribution in [3.05, 3.63) is 75.0 Å². The number of aryl methyl sites for hydroxylation is 1. The van der Waals surface area contributed by atoms with Gasteiger partial charge in [-0.25, -0.2) is 13.5 Å². The van der Waals surface area contributed by atoms with E-state index in [-0.39, 0.29) is 15.5 Å². The highest BCUT2D eigenvalue weighted by atomic mass is 35.5. The Hall–Kier alpha value is -2.64. The van der Waals surface area contributed by atoms with E-state index in [1.54, 1.807) is 18.2 Å². The van der Waals surface area contributed by atoms with Crippen LogP contribution in [0.25, 0.3) is 11.3 Å². The average Bonchev–Trinajstić information content (AvgIpc) is 2.60. The number of aromatic amines is 1. The van der Waals surface area contributed by atoms with Gasteiger partial charge in [-0.1, -0.05) is 29.8 Å². The number of hydrogen-bond acceptors (Lipinski definition) is 4. The van der Waals surface area contributed by atoms with Crippen LogP contribution in [0.2, 0.25) is 5.02 Å². The van der Waals surface area contributed by atoms with Gasteiger partial charge in [0.1, 0.15) is 4.90 Å². The summed E-state index contributed by atoms with van der Waals surface area (Å²) in [4.78, 5) is 11.1. The van der Waals surface area contributed by atoms with Crippen molar-refractivity contribution in [2.45, 2.75) is 18.7 Å². The van der Waals surface area contributed by atoms with Gasteiger partial charge in [0.05, 0.1) is 16.4 Å². The Labute approximate surface area is 155 Å².